The standard InChI is InChI=1S/C12H15N5O2/c1-8-15-10(14-7-12(18)19-2)6-11(16-8)17-9-4-3-5-13-9/h3-6,13H,7H2,1-2H3,(H2,14,15,16,17). The van der Waals surface area contributed by atoms with Crippen LogP contribution in [0.4, 0.5) is 17.5 Å². The van der Waals surface area contributed by atoms with Gasteiger partial charge in [0.1, 0.15) is 29.8 Å². The summed E-state index contributed by atoms with van der Waals surface area (Å²) in [6.07, 6.45) is 1.81. The molecule has 0 unspecified atom stereocenters. The smallest absolute Gasteiger partial charge is 0.325 e. The maximum atomic E-state index is 11.1. The van der Waals surface area contributed by atoms with Crippen molar-refractivity contribution < 1.29 is 9.53 Å². The molecule has 0 spiro atoms. The molecule has 2 aromatic heterocycles. The third kappa shape index (κ3) is 3.70. The van der Waals surface area contributed by atoms with Crippen LogP contribution in [0.5, 0.6) is 0 Å². The van der Waals surface area contributed by atoms with Crippen LogP contribution in [-0.4, -0.2) is 34.6 Å². The Morgan fingerprint density at radius 1 is 1.42 bits per heavy atom. The van der Waals surface area contributed by atoms with Crippen molar-refractivity contribution in [3.8, 4) is 0 Å². The van der Waals surface area contributed by atoms with Gasteiger partial charge in [0.05, 0.1) is 7.11 Å². The molecule has 100 valence electrons. The van der Waals surface area contributed by atoms with Gasteiger partial charge in [0.15, 0.2) is 0 Å². The van der Waals surface area contributed by atoms with Gasteiger partial charge < -0.3 is 20.4 Å². The van der Waals surface area contributed by atoms with E-state index in [1.165, 1.54) is 7.11 Å². The van der Waals surface area contributed by atoms with E-state index in [1.807, 2.05) is 18.3 Å². The van der Waals surface area contributed by atoms with Gasteiger partial charge in [0, 0.05) is 12.3 Å². The molecule has 0 bridgehead atoms. The highest BCUT2D eigenvalue weighted by molar-refractivity contribution is 5.74. The lowest BCUT2D eigenvalue weighted by atomic mass is 10.4. The molecule has 0 aliphatic heterocycles. The van der Waals surface area contributed by atoms with Crippen LogP contribution in [0.3, 0.4) is 0 Å². The number of nitrogens with zero attached hydrogens (tertiary/aromatic N) is 2. The van der Waals surface area contributed by atoms with Gasteiger partial charge in [-0.15, -0.1) is 0 Å². The van der Waals surface area contributed by atoms with E-state index in [0.717, 1.165) is 5.82 Å². The molecule has 0 amide bonds. The second kappa shape index (κ2) is 5.85. The lowest BCUT2D eigenvalue weighted by Gasteiger charge is -2.08. The lowest BCUT2D eigenvalue weighted by Crippen LogP contribution is -2.16. The fraction of sp³-hybridized carbons (Fsp3) is 0.250. The van der Waals surface area contributed by atoms with Crippen molar-refractivity contribution in [2.75, 3.05) is 24.3 Å². The molecule has 0 saturated carbocycles. The van der Waals surface area contributed by atoms with Crippen molar-refractivity contribution in [2.45, 2.75) is 6.92 Å². The SMILES string of the molecule is COC(=O)CNc1cc(Nc2ccc[nH]2)nc(C)n1. The first-order valence-electron chi connectivity index (χ1n) is 5.74. The Balaban J connectivity index is 2.08. The van der Waals surface area contributed by atoms with Crippen LogP contribution in [0.25, 0.3) is 0 Å². The van der Waals surface area contributed by atoms with E-state index in [9.17, 15) is 4.79 Å². The van der Waals surface area contributed by atoms with Crippen molar-refractivity contribution in [3.63, 3.8) is 0 Å². The number of esters is 1. The van der Waals surface area contributed by atoms with E-state index in [2.05, 4.69) is 30.3 Å². The fourth-order valence-corrected chi connectivity index (χ4v) is 1.50. The maximum absolute atomic E-state index is 11.1. The van der Waals surface area contributed by atoms with Crippen molar-refractivity contribution in [2.24, 2.45) is 0 Å². The number of methoxy groups -OCH3 is 1. The summed E-state index contributed by atoms with van der Waals surface area (Å²) in [5.74, 6) is 2.28. The molecule has 3 N–H and O–H groups in total. The highest BCUT2D eigenvalue weighted by Crippen LogP contribution is 2.15. The van der Waals surface area contributed by atoms with Crippen molar-refractivity contribution in [1.82, 2.24) is 15.0 Å². The highest BCUT2D eigenvalue weighted by atomic mass is 16.5. The molecule has 19 heavy (non-hydrogen) atoms. The minimum absolute atomic E-state index is 0.0644. The summed E-state index contributed by atoms with van der Waals surface area (Å²) in [7, 11) is 1.34. The minimum atomic E-state index is -0.352. The molecule has 0 atom stereocenters. The minimum Gasteiger partial charge on any atom is -0.468 e. The zero-order valence-corrected chi connectivity index (χ0v) is 10.7. The van der Waals surface area contributed by atoms with Gasteiger partial charge in [0.2, 0.25) is 0 Å². The van der Waals surface area contributed by atoms with E-state index >= 15 is 0 Å². The van der Waals surface area contributed by atoms with Crippen molar-refractivity contribution >= 4 is 23.4 Å². The number of carbonyl (C=O) groups is 1. The second-order valence-electron chi connectivity index (χ2n) is 3.82. The van der Waals surface area contributed by atoms with Gasteiger partial charge >= 0.3 is 5.97 Å². The quantitative estimate of drug-likeness (QED) is 0.705. The molecule has 0 aliphatic carbocycles. The molecular formula is C12H15N5O2. The monoisotopic (exact) mass is 261 g/mol. The summed E-state index contributed by atoms with van der Waals surface area (Å²) in [5.41, 5.74) is 0. The number of rotatable bonds is 5. The summed E-state index contributed by atoms with van der Waals surface area (Å²) in [6.45, 7) is 1.85. The van der Waals surface area contributed by atoms with Crippen LogP contribution in [-0.2, 0) is 9.53 Å². The predicted molar refractivity (Wildman–Crippen MR) is 71.4 cm³/mol. The Hall–Kier alpha value is -2.57. The molecule has 0 radical (unpaired) electrons. The number of aryl methyl sites for hydroxylation is 1. The number of hydrogen-bond acceptors (Lipinski definition) is 6. The van der Waals surface area contributed by atoms with Crippen LogP contribution < -0.4 is 10.6 Å². The molecule has 2 heterocycles. The van der Waals surface area contributed by atoms with Crippen molar-refractivity contribution in [3.05, 3.63) is 30.2 Å². The zero-order valence-electron chi connectivity index (χ0n) is 10.7. The summed E-state index contributed by atoms with van der Waals surface area (Å²) >= 11 is 0. The number of hydrogen-bond donors (Lipinski definition) is 3. The maximum Gasteiger partial charge on any atom is 0.325 e. The van der Waals surface area contributed by atoms with Gasteiger partial charge in [0.25, 0.3) is 0 Å². The van der Waals surface area contributed by atoms with E-state index < -0.39 is 0 Å². The fourth-order valence-electron chi connectivity index (χ4n) is 1.50. The van der Waals surface area contributed by atoms with Gasteiger partial charge in [-0.3, -0.25) is 4.79 Å². The van der Waals surface area contributed by atoms with Crippen LogP contribution in [0.1, 0.15) is 5.82 Å². The van der Waals surface area contributed by atoms with E-state index in [-0.39, 0.29) is 12.5 Å². The normalized spacial score (nSPS) is 10.0. The first-order valence-corrected chi connectivity index (χ1v) is 5.74. The van der Waals surface area contributed by atoms with Gasteiger partial charge in [-0.05, 0) is 19.1 Å². The number of aromatic nitrogens is 3. The summed E-state index contributed by atoms with van der Waals surface area (Å²) in [6, 6.07) is 5.49. The zero-order chi connectivity index (χ0) is 13.7. The number of carbonyl (C=O) groups excluding carboxylic acids is 1. The van der Waals surface area contributed by atoms with E-state index in [1.54, 1.807) is 13.0 Å². The Morgan fingerprint density at radius 2 is 2.21 bits per heavy atom. The van der Waals surface area contributed by atoms with E-state index in [0.29, 0.717) is 17.5 Å². The average molecular weight is 261 g/mol. The van der Waals surface area contributed by atoms with Crippen LogP contribution in [0.2, 0.25) is 0 Å². The van der Waals surface area contributed by atoms with Gasteiger partial charge in [-0.25, -0.2) is 9.97 Å². The Labute approximate surface area is 110 Å². The first kappa shape index (κ1) is 12.9. The summed E-state index contributed by atoms with van der Waals surface area (Å²) < 4.78 is 4.55. The highest BCUT2D eigenvalue weighted by Gasteiger charge is 2.05. The van der Waals surface area contributed by atoms with E-state index in [4.69, 9.17) is 0 Å². The average Bonchev–Trinajstić information content (AvgIpc) is 2.88. The van der Waals surface area contributed by atoms with Crippen molar-refractivity contribution in [1.29, 1.82) is 0 Å². The molecule has 7 nitrogen and oxygen atoms in total. The number of H-pyrrole nitrogens is 1. The third-order valence-corrected chi connectivity index (χ3v) is 2.34. The van der Waals surface area contributed by atoms with Crippen LogP contribution in [0, 0.1) is 6.92 Å². The van der Waals surface area contributed by atoms with Crippen LogP contribution >= 0.6 is 0 Å². The second-order valence-corrected chi connectivity index (χ2v) is 3.82. The lowest BCUT2D eigenvalue weighted by molar-refractivity contribution is -0.138. The van der Waals surface area contributed by atoms with Gasteiger partial charge in [-0.2, -0.15) is 0 Å². The third-order valence-electron chi connectivity index (χ3n) is 2.34. The largest absolute Gasteiger partial charge is 0.468 e. The number of anilines is 3. The Kier molecular flexibility index (Phi) is 3.97. The molecule has 0 aliphatic rings. The Morgan fingerprint density at radius 3 is 2.89 bits per heavy atom. The molecule has 0 aromatic carbocycles. The molecule has 2 aromatic rings. The predicted octanol–water partition coefficient (Wildman–Crippen LogP) is 1.44. The Bertz CT molecular complexity index is 553. The number of nitrogens with one attached hydrogen (secondary N) is 3. The molecule has 0 saturated heterocycles. The molecule has 2 rings (SSSR count). The summed E-state index contributed by atoms with van der Waals surface area (Å²) in [5, 5.41) is 5.98. The molecular weight excluding hydrogens is 246 g/mol. The number of aromatic amines is 1. The topological polar surface area (TPSA) is 91.9 Å². The van der Waals surface area contributed by atoms with Crippen LogP contribution in [0.15, 0.2) is 24.4 Å². The first-order chi connectivity index (χ1) is 9.17. The van der Waals surface area contributed by atoms with Gasteiger partial charge in [-0.1, -0.05) is 0 Å². The molecule has 7 heteroatoms. The number of ether oxygens (including phenoxy) is 1. The molecule has 0 fully saturated rings. The summed E-state index contributed by atoms with van der Waals surface area (Å²) in [4.78, 5) is 22.5.